The van der Waals surface area contributed by atoms with Gasteiger partial charge in [0.25, 0.3) is 0 Å². The number of aromatic nitrogens is 6. The van der Waals surface area contributed by atoms with Gasteiger partial charge >= 0.3 is 35.8 Å². The summed E-state index contributed by atoms with van der Waals surface area (Å²) in [6.07, 6.45) is 2.07. The molecule has 6 aliphatic carbocycles. The average molecular weight is 925 g/mol. The highest BCUT2D eigenvalue weighted by Crippen LogP contribution is 2.71. The molecule has 13 rings (SSSR count). The first-order valence-corrected chi connectivity index (χ1v) is 22.2. The Morgan fingerprint density at radius 1 is 0.304 bits per heavy atom. The quantitative estimate of drug-likeness (QED) is 0.134. The number of nitrogens with zero attached hydrogens (tertiary/aromatic N) is 6. The molecule has 6 atom stereocenters. The summed E-state index contributed by atoms with van der Waals surface area (Å²) in [5, 5.41) is 0. The fourth-order valence-electron chi connectivity index (χ4n) is 12.6. The number of benzene rings is 4. The number of esters is 6. The third-order valence-corrected chi connectivity index (χ3v) is 15.2. The standard InChI is InChI=1S/C51H36N6O12/c1-64-46(58)16-10-28-29(11-17(16)47(59)65-2)53-41-23-7-22(40(41)52-28)34-35(23)37-25-9-27(45-43(25)55-32-14-20(50(62)68-5)21(51(63)69-6)15-33(32)57-45)39(37)38-26-8-24(36(34)38)42-44(26)56-31-13-19(49(61)67-4)18(48(60)66-3)12-30(31)54-42/h10-15,22-27H,7-9H2,1-6H3/t22-,23+,24+,25-,26-,27+. The monoisotopic (exact) mass is 924 g/mol. The summed E-state index contributed by atoms with van der Waals surface area (Å²) in [5.41, 5.74) is 14.5. The molecule has 0 saturated carbocycles. The smallest absolute Gasteiger partial charge is 0.338 e. The normalized spacial score (nSPS) is 20.8. The zero-order chi connectivity index (χ0) is 47.6. The van der Waals surface area contributed by atoms with Crippen molar-refractivity contribution in [2.45, 2.75) is 54.8 Å². The molecule has 18 heteroatoms. The molecule has 0 amide bonds. The Labute approximate surface area is 389 Å². The van der Waals surface area contributed by atoms with Crippen molar-refractivity contribution in [3.8, 4) is 0 Å². The average Bonchev–Trinajstić information content (AvgIpc) is 4.25. The number of fused-ring (bicyclic) bond motifs is 30. The van der Waals surface area contributed by atoms with Crippen molar-refractivity contribution in [3.05, 3.63) is 137 Å². The number of methoxy groups -OCH3 is 6. The Kier molecular flexibility index (Phi) is 8.39. The first kappa shape index (κ1) is 41.0. The van der Waals surface area contributed by atoms with Gasteiger partial charge in [-0.2, -0.15) is 0 Å². The van der Waals surface area contributed by atoms with Crippen LogP contribution >= 0.6 is 0 Å². The summed E-state index contributed by atoms with van der Waals surface area (Å²) in [6, 6.07) is 9.21. The van der Waals surface area contributed by atoms with Gasteiger partial charge in [0.05, 0.1) is 143 Å². The van der Waals surface area contributed by atoms with E-state index in [1.165, 1.54) is 112 Å². The van der Waals surface area contributed by atoms with Crippen LogP contribution in [0.2, 0.25) is 0 Å². The molecule has 342 valence electrons. The van der Waals surface area contributed by atoms with E-state index in [0.29, 0.717) is 52.4 Å². The van der Waals surface area contributed by atoms with Crippen LogP contribution in [0.4, 0.5) is 0 Å². The van der Waals surface area contributed by atoms with E-state index in [1.54, 1.807) is 0 Å². The summed E-state index contributed by atoms with van der Waals surface area (Å²) < 4.78 is 30.3. The van der Waals surface area contributed by atoms with Gasteiger partial charge in [0.2, 0.25) is 0 Å². The minimum atomic E-state index is -0.708. The molecule has 0 radical (unpaired) electrons. The molecular formula is C51H36N6O12. The number of carbonyl (C=O) groups excluding carboxylic acids is 6. The SMILES string of the molecule is COC(=O)c1cc2nc3c(nc2cc1C(=O)OC)[C@@H]1C[C@H]3c2c3c(c4c(c21)[C@@H]1C[C@H]4c2nc4cc(C(=O)OC)c(C(=O)OC)cc4nc21)[C@@H]1C[C@H]3c2nc3cc(C(=O)OC)c(C(=O)OC)cc3nc21. The number of hydrogen-bond acceptors (Lipinski definition) is 18. The van der Waals surface area contributed by atoms with E-state index in [0.717, 1.165) is 34.2 Å². The van der Waals surface area contributed by atoms with E-state index in [4.69, 9.17) is 58.3 Å². The molecule has 18 nitrogen and oxygen atoms in total. The van der Waals surface area contributed by atoms with E-state index in [2.05, 4.69) is 0 Å². The van der Waals surface area contributed by atoms with Gasteiger partial charge in [-0.1, -0.05) is 0 Å². The molecule has 3 aromatic heterocycles. The lowest BCUT2D eigenvalue weighted by Crippen LogP contribution is -2.22. The van der Waals surface area contributed by atoms with E-state index >= 15 is 0 Å². The Morgan fingerprint density at radius 3 is 0.580 bits per heavy atom. The fraction of sp³-hybridized carbons (Fsp3) is 0.294. The lowest BCUT2D eigenvalue weighted by molar-refractivity contribution is 0.0555. The second kappa shape index (κ2) is 14.1. The summed E-state index contributed by atoms with van der Waals surface area (Å²) in [6.45, 7) is 0. The van der Waals surface area contributed by atoms with Crippen LogP contribution in [0.15, 0.2) is 36.4 Å². The molecule has 6 bridgehead atoms. The Morgan fingerprint density at radius 2 is 0.449 bits per heavy atom. The van der Waals surface area contributed by atoms with E-state index in [-0.39, 0.29) is 68.9 Å². The molecule has 0 unspecified atom stereocenters. The van der Waals surface area contributed by atoms with E-state index < -0.39 is 35.8 Å². The van der Waals surface area contributed by atoms with Crippen molar-refractivity contribution in [2.24, 2.45) is 0 Å². The number of rotatable bonds is 6. The van der Waals surface area contributed by atoms with Crippen molar-refractivity contribution in [1.29, 1.82) is 0 Å². The van der Waals surface area contributed by atoms with Gasteiger partial charge in [-0.05, 0) is 89.0 Å². The van der Waals surface area contributed by atoms with Crippen LogP contribution in [0, 0.1) is 0 Å². The summed E-state index contributed by atoms with van der Waals surface area (Å²) in [5.74, 6) is -5.32. The zero-order valence-electron chi connectivity index (χ0n) is 37.6. The van der Waals surface area contributed by atoms with Crippen LogP contribution < -0.4 is 0 Å². The molecule has 0 fully saturated rings. The molecule has 7 aromatic rings. The Bertz CT molecular complexity index is 3070. The van der Waals surface area contributed by atoms with E-state index in [9.17, 15) is 28.8 Å². The van der Waals surface area contributed by atoms with Gasteiger partial charge in [-0.3, -0.25) is 0 Å². The number of hydrogen-bond donors (Lipinski definition) is 0. The third kappa shape index (κ3) is 5.19. The number of carbonyl (C=O) groups is 6. The van der Waals surface area contributed by atoms with Gasteiger partial charge < -0.3 is 28.4 Å². The third-order valence-electron chi connectivity index (χ3n) is 15.2. The molecule has 3 heterocycles. The summed E-state index contributed by atoms with van der Waals surface area (Å²) >= 11 is 0. The lowest BCUT2D eigenvalue weighted by Gasteiger charge is -2.33. The van der Waals surface area contributed by atoms with Crippen LogP contribution in [-0.2, 0) is 28.4 Å². The molecule has 0 aliphatic heterocycles. The maximum absolute atomic E-state index is 13.0. The van der Waals surface area contributed by atoms with Crippen molar-refractivity contribution < 1.29 is 57.2 Å². The van der Waals surface area contributed by atoms with Crippen molar-refractivity contribution in [1.82, 2.24) is 29.9 Å². The van der Waals surface area contributed by atoms with Crippen LogP contribution in [0.5, 0.6) is 0 Å². The largest absolute Gasteiger partial charge is 0.465 e. The highest BCUT2D eigenvalue weighted by atomic mass is 16.5. The van der Waals surface area contributed by atoms with Gasteiger partial charge in [0.1, 0.15) is 0 Å². The highest BCUT2D eigenvalue weighted by molar-refractivity contribution is 6.08. The predicted octanol–water partition coefficient (Wildman–Crippen LogP) is 6.18. The fourth-order valence-corrected chi connectivity index (χ4v) is 12.6. The first-order chi connectivity index (χ1) is 33.4. The molecule has 0 spiro atoms. The molecule has 0 saturated heterocycles. The lowest BCUT2D eigenvalue weighted by atomic mass is 9.72. The maximum atomic E-state index is 13.0. The molecule has 69 heavy (non-hydrogen) atoms. The zero-order valence-corrected chi connectivity index (χ0v) is 37.6. The van der Waals surface area contributed by atoms with Gasteiger partial charge in [-0.25, -0.2) is 58.7 Å². The van der Waals surface area contributed by atoms with E-state index in [1.807, 2.05) is 0 Å². The van der Waals surface area contributed by atoms with Crippen molar-refractivity contribution in [2.75, 3.05) is 42.7 Å². The van der Waals surface area contributed by atoms with Gasteiger partial charge in [0, 0.05) is 35.5 Å². The Hall–Kier alpha value is -8.28. The second-order valence-corrected chi connectivity index (χ2v) is 18.1. The van der Waals surface area contributed by atoms with Crippen molar-refractivity contribution in [3.63, 3.8) is 0 Å². The maximum Gasteiger partial charge on any atom is 0.338 e. The number of ether oxygens (including phenoxy) is 6. The Balaban J connectivity index is 1.04. The molecule has 0 N–H and O–H groups in total. The van der Waals surface area contributed by atoms with Crippen LogP contribution in [-0.4, -0.2) is 108 Å². The summed E-state index contributed by atoms with van der Waals surface area (Å²) in [4.78, 5) is 109. The highest BCUT2D eigenvalue weighted by Gasteiger charge is 2.59. The van der Waals surface area contributed by atoms with Crippen LogP contribution in [0.3, 0.4) is 0 Å². The molecule has 4 aromatic carbocycles. The topological polar surface area (TPSA) is 235 Å². The van der Waals surface area contributed by atoms with Gasteiger partial charge in [-0.15, -0.1) is 0 Å². The summed E-state index contributed by atoms with van der Waals surface area (Å²) in [7, 11) is 7.46. The minimum Gasteiger partial charge on any atom is -0.465 e. The second-order valence-electron chi connectivity index (χ2n) is 18.1. The molecular weight excluding hydrogens is 889 g/mol. The minimum absolute atomic E-state index is 0.0192. The van der Waals surface area contributed by atoms with Gasteiger partial charge in [0.15, 0.2) is 0 Å². The first-order valence-electron chi connectivity index (χ1n) is 22.2. The molecule has 6 aliphatic rings. The van der Waals surface area contributed by atoms with Crippen LogP contribution in [0.25, 0.3) is 33.1 Å². The predicted molar refractivity (Wildman–Crippen MR) is 238 cm³/mol. The van der Waals surface area contributed by atoms with Crippen LogP contribution in [0.1, 0.15) is 184 Å². The van der Waals surface area contributed by atoms with Crippen molar-refractivity contribution >= 4 is 68.9 Å².